The maximum atomic E-state index is 13.8. The Kier molecular flexibility index (Phi) is 5.12. The molecule has 0 heterocycles. The van der Waals surface area contributed by atoms with Crippen LogP contribution < -0.4 is 0 Å². The average molecular weight is 363 g/mol. The lowest BCUT2D eigenvalue weighted by molar-refractivity contribution is 0.193. The van der Waals surface area contributed by atoms with Gasteiger partial charge < -0.3 is 5.11 Å². The van der Waals surface area contributed by atoms with Crippen LogP contribution in [0.2, 0.25) is 0 Å². The lowest BCUT2D eigenvalue weighted by atomic mass is 10.1. The summed E-state index contributed by atoms with van der Waals surface area (Å²) in [6.07, 6.45) is -1.29. The third kappa shape index (κ3) is 3.56. The summed E-state index contributed by atoms with van der Waals surface area (Å²) in [7, 11) is 0. The lowest BCUT2D eigenvalue weighted by Gasteiger charge is -2.13. The predicted molar refractivity (Wildman–Crippen MR) is 76.1 cm³/mol. The van der Waals surface area contributed by atoms with Crippen molar-refractivity contribution >= 4 is 27.7 Å². The first-order valence-electron chi connectivity index (χ1n) is 5.69. The topological polar surface area (TPSA) is 20.2 Å². The van der Waals surface area contributed by atoms with E-state index in [0.717, 1.165) is 6.07 Å². The van der Waals surface area contributed by atoms with Crippen molar-refractivity contribution in [2.24, 2.45) is 0 Å². The van der Waals surface area contributed by atoms with Crippen molar-refractivity contribution in [3.8, 4) is 0 Å². The van der Waals surface area contributed by atoms with E-state index in [1.54, 1.807) is 12.1 Å². The third-order valence-corrected chi connectivity index (χ3v) is 4.33. The Hall–Kier alpha value is -0.980. The molecular formula is C14H10BrF3OS. The van der Waals surface area contributed by atoms with E-state index in [-0.39, 0.29) is 21.6 Å². The molecule has 0 aromatic heterocycles. The minimum Gasteiger partial charge on any atom is -0.387 e. The molecule has 6 heteroatoms. The minimum atomic E-state index is -1.29. The highest BCUT2D eigenvalue weighted by Gasteiger charge is 2.20. The molecule has 1 atom stereocenters. The summed E-state index contributed by atoms with van der Waals surface area (Å²) in [5, 5.41) is 9.93. The van der Waals surface area contributed by atoms with Gasteiger partial charge in [0.25, 0.3) is 0 Å². The first-order chi connectivity index (χ1) is 9.49. The highest BCUT2D eigenvalue weighted by molar-refractivity contribution is 9.10. The number of halogens is 4. The normalized spacial score (nSPS) is 12.4. The summed E-state index contributed by atoms with van der Waals surface area (Å²) in [6.45, 7) is 0. The van der Waals surface area contributed by atoms with Gasteiger partial charge in [0.05, 0.1) is 16.1 Å². The number of rotatable bonds is 4. The molecule has 0 aliphatic heterocycles. The van der Waals surface area contributed by atoms with Crippen LogP contribution in [0.3, 0.4) is 0 Å². The second-order valence-corrected chi connectivity index (χ2v) is 5.99. The standard InChI is InChI=1S/C14H10BrF3OS/c15-10-5-6-11(17)13(14(10)18)12(19)7-20-9-3-1-8(16)2-4-9/h1-6,12,19H,7H2. The molecule has 2 aromatic carbocycles. The fraction of sp³-hybridized carbons (Fsp3) is 0.143. The average Bonchev–Trinajstić information content (AvgIpc) is 2.43. The first kappa shape index (κ1) is 15.4. The smallest absolute Gasteiger partial charge is 0.146 e. The largest absolute Gasteiger partial charge is 0.387 e. The maximum absolute atomic E-state index is 13.8. The zero-order valence-corrected chi connectivity index (χ0v) is 12.5. The van der Waals surface area contributed by atoms with Crippen LogP contribution in [0, 0.1) is 17.5 Å². The number of hydrogen-bond donors (Lipinski definition) is 1. The quantitative estimate of drug-likeness (QED) is 0.628. The van der Waals surface area contributed by atoms with Gasteiger partial charge in [0, 0.05) is 10.6 Å². The van der Waals surface area contributed by atoms with E-state index in [1.165, 1.54) is 30.0 Å². The molecule has 0 saturated heterocycles. The van der Waals surface area contributed by atoms with Crippen molar-refractivity contribution in [3.63, 3.8) is 0 Å². The molecule has 1 nitrogen and oxygen atoms in total. The zero-order chi connectivity index (χ0) is 14.7. The molecule has 20 heavy (non-hydrogen) atoms. The van der Waals surface area contributed by atoms with Crippen LogP contribution in [-0.4, -0.2) is 10.9 Å². The van der Waals surface area contributed by atoms with Crippen LogP contribution >= 0.6 is 27.7 Å². The number of aliphatic hydroxyl groups is 1. The molecule has 2 rings (SSSR count). The second-order valence-electron chi connectivity index (χ2n) is 4.04. The zero-order valence-electron chi connectivity index (χ0n) is 10.1. The molecule has 0 aliphatic rings. The Morgan fingerprint density at radius 1 is 1.05 bits per heavy atom. The van der Waals surface area contributed by atoms with Gasteiger partial charge in [-0.15, -0.1) is 11.8 Å². The number of hydrogen-bond acceptors (Lipinski definition) is 2. The van der Waals surface area contributed by atoms with E-state index in [9.17, 15) is 18.3 Å². The molecule has 0 fully saturated rings. The van der Waals surface area contributed by atoms with Crippen molar-refractivity contribution in [1.29, 1.82) is 0 Å². The second kappa shape index (κ2) is 6.65. The van der Waals surface area contributed by atoms with Crippen molar-refractivity contribution in [1.82, 2.24) is 0 Å². The van der Waals surface area contributed by atoms with Gasteiger partial charge in [0.15, 0.2) is 0 Å². The fourth-order valence-electron chi connectivity index (χ4n) is 1.64. The Balaban J connectivity index is 2.11. The summed E-state index contributed by atoms with van der Waals surface area (Å²) in [4.78, 5) is 0.710. The molecule has 0 saturated carbocycles. The molecule has 1 N–H and O–H groups in total. The van der Waals surface area contributed by atoms with Gasteiger partial charge in [0.2, 0.25) is 0 Å². The predicted octanol–water partition coefficient (Wildman–Crippen LogP) is 4.69. The SMILES string of the molecule is OC(CSc1ccc(F)cc1)c1c(F)ccc(Br)c1F. The molecule has 1 unspecified atom stereocenters. The summed E-state index contributed by atoms with van der Waals surface area (Å²) < 4.78 is 40.2. The Morgan fingerprint density at radius 3 is 2.35 bits per heavy atom. The Labute approximate surface area is 126 Å². The van der Waals surface area contributed by atoms with E-state index < -0.39 is 17.7 Å². The van der Waals surface area contributed by atoms with E-state index in [0.29, 0.717) is 4.90 Å². The van der Waals surface area contributed by atoms with Gasteiger partial charge in [-0.25, -0.2) is 13.2 Å². The number of aliphatic hydroxyl groups excluding tert-OH is 1. The number of thioether (sulfide) groups is 1. The van der Waals surface area contributed by atoms with Gasteiger partial charge in [-0.2, -0.15) is 0 Å². The summed E-state index contributed by atoms with van der Waals surface area (Å²) >= 11 is 4.14. The van der Waals surface area contributed by atoms with Crippen molar-refractivity contribution < 1.29 is 18.3 Å². The van der Waals surface area contributed by atoms with Crippen LogP contribution in [0.4, 0.5) is 13.2 Å². The van der Waals surface area contributed by atoms with Crippen molar-refractivity contribution in [2.75, 3.05) is 5.75 Å². The molecule has 0 spiro atoms. The highest BCUT2D eigenvalue weighted by atomic mass is 79.9. The molecule has 0 bridgehead atoms. The van der Waals surface area contributed by atoms with Gasteiger partial charge in [-0.05, 0) is 52.3 Å². The van der Waals surface area contributed by atoms with Crippen molar-refractivity contribution in [3.05, 3.63) is 63.9 Å². The van der Waals surface area contributed by atoms with Gasteiger partial charge in [0.1, 0.15) is 17.5 Å². The first-order valence-corrected chi connectivity index (χ1v) is 7.46. The highest BCUT2D eigenvalue weighted by Crippen LogP contribution is 2.30. The van der Waals surface area contributed by atoms with E-state index in [4.69, 9.17) is 0 Å². The summed E-state index contributed by atoms with van der Waals surface area (Å²) in [5.41, 5.74) is -0.367. The Morgan fingerprint density at radius 2 is 1.70 bits per heavy atom. The van der Waals surface area contributed by atoms with Crippen molar-refractivity contribution in [2.45, 2.75) is 11.0 Å². The third-order valence-electron chi connectivity index (χ3n) is 2.63. The fourth-order valence-corrected chi connectivity index (χ4v) is 2.83. The van der Waals surface area contributed by atoms with Crippen LogP contribution in [-0.2, 0) is 0 Å². The molecule has 106 valence electrons. The minimum absolute atomic E-state index is 0.0654. The van der Waals surface area contributed by atoms with Crippen LogP contribution in [0.15, 0.2) is 45.8 Å². The van der Waals surface area contributed by atoms with Crippen LogP contribution in [0.1, 0.15) is 11.7 Å². The molecule has 0 radical (unpaired) electrons. The number of benzene rings is 2. The van der Waals surface area contributed by atoms with Crippen LogP contribution in [0.25, 0.3) is 0 Å². The van der Waals surface area contributed by atoms with E-state index in [2.05, 4.69) is 15.9 Å². The molecule has 2 aromatic rings. The molecular weight excluding hydrogens is 353 g/mol. The summed E-state index contributed by atoms with van der Waals surface area (Å²) in [5.74, 6) is -1.90. The molecule has 0 aliphatic carbocycles. The van der Waals surface area contributed by atoms with Gasteiger partial charge >= 0.3 is 0 Å². The summed E-state index contributed by atoms with van der Waals surface area (Å²) in [6, 6.07) is 7.99. The molecule has 0 amide bonds. The van der Waals surface area contributed by atoms with E-state index >= 15 is 0 Å². The Bertz CT molecular complexity index is 604. The van der Waals surface area contributed by atoms with Gasteiger partial charge in [-0.3, -0.25) is 0 Å². The van der Waals surface area contributed by atoms with Crippen LogP contribution in [0.5, 0.6) is 0 Å². The lowest BCUT2D eigenvalue weighted by Crippen LogP contribution is -2.07. The monoisotopic (exact) mass is 362 g/mol. The van der Waals surface area contributed by atoms with Gasteiger partial charge in [-0.1, -0.05) is 0 Å². The maximum Gasteiger partial charge on any atom is 0.146 e. The van der Waals surface area contributed by atoms with E-state index in [1.807, 2.05) is 0 Å².